The average Bonchev–Trinajstić information content (AvgIpc) is 3.22. The van der Waals surface area contributed by atoms with Crippen LogP contribution >= 0.6 is 0 Å². The summed E-state index contributed by atoms with van der Waals surface area (Å²) in [6.45, 7) is 0.181. The number of alkyl halides is 2. The average molecular weight is 335 g/mol. The van der Waals surface area contributed by atoms with E-state index in [4.69, 9.17) is 4.74 Å². The maximum absolute atomic E-state index is 12.8. The molecule has 1 atom stereocenters. The number of nitrogens with one attached hydrogen (secondary N) is 1. The van der Waals surface area contributed by atoms with Gasteiger partial charge in [0.25, 0.3) is 5.91 Å². The van der Waals surface area contributed by atoms with E-state index in [1.165, 1.54) is 6.20 Å². The standard InChI is InChI=1S/C17H19F2N3O2/c1-11-15(10-21-22(11)17(18)19)12-4-6-13(7-5-12)16(23)20-9-14-3-2-8-24-14/h4-7,10,14,17H,2-3,8-9H2,1H3,(H,20,23)/t14-/m0/s1. The molecule has 128 valence electrons. The molecular weight excluding hydrogens is 316 g/mol. The number of aromatic nitrogens is 2. The Balaban J connectivity index is 1.67. The largest absolute Gasteiger partial charge is 0.376 e. The third-order valence-electron chi connectivity index (χ3n) is 4.20. The summed E-state index contributed by atoms with van der Waals surface area (Å²) in [5.41, 5.74) is 2.29. The lowest BCUT2D eigenvalue weighted by Crippen LogP contribution is -2.31. The van der Waals surface area contributed by atoms with Gasteiger partial charge in [0.1, 0.15) is 0 Å². The molecule has 0 radical (unpaired) electrons. The molecule has 24 heavy (non-hydrogen) atoms. The quantitative estimate of drug-likeness (QED) is 0.913. The highest BCUT2D eigenvalue weighted by Crippen LogP contribution is 2.26. The number of amides is 1. The predicted octanol–water partition coefficient (Wildman–Crippen LogP) is 3.16. The van der Waals surface area contributed by atoms with Crippen molar-refractivity contribution in [2.75, 3.05) is 13.2 Å². The second kappa shape index (κ2) is 7.09. The SMILES string of the molecule is Cc1c(-c2ccc(C(=O)NC[C@@H]3CCCO3)cc2)cnn1C(F)F. The molecule has 1 saturated heterocycles. The molecular formula is C17H19F2N3O2. The van der Waals surface area contributed by atoms with E-state index in [2.05, 4.69) is 10.4 Å². The van der Waals surface area contributed by atoms with E-state index in [0.29, 0.717) is 28.0 Å². The Bertz CT molecular complexity index is 707. The summed E-state index contributed by atoms with van der Waals surface area (Å²) >= 11 is 0. The first-order valence-corrected chi connectivity index (χ1v) is 7.89. The van der Waals surface area contributed by atoms with Gasteiger partial charge in [-0.2, -0.15) is 13.9 Å². The molecule has 1 N–H and O–H groups in total. The maximum atomic E-state index is 12.8. The molecule has 0 aliphatic carbocycles. The number of benzene rings is 1. The van der Waals surface area contributed by atoms with Crippen LogP contribution in [0.25, 0.3) is 11.1 Å². The van der Waals surface area contributed by atoms with Crippen molar-refractivity contribution in [3.8, 4) is 11.1 Å². The maximum Gasteiger partial charge on any atom is 0.333 e. The van der Waals surface area contributed by atoms with Gasteiger partial charge in [0.2, 0.25) is 0 Å². The molecule has 3 rings (SSSR count). The minimum absolute atomic E-state index is 0.0936. The van der Waals surface area contributed by atoms with Crippen molar-refractivity contribution in [2.24, 2.45) is 0 Å². The van der Waals surface area contributed by atoms with Crippen molar-refractivity contribution in [1.82, 2.24) is 15.1 Å². The lowest BCUT2D eigenvalue weighted by molar-refractivity contribution is 0.0545. The summed E-state index contributed by atoms with van der Waals surface area (Å²) in [7, 11) is 0. The lowest BCUT2D eigenvalue weighted by Gasteiger charge is -2.11. The third kappa shape index (κ3) is 3.46. The van der Waals surface area contributed by atoms with Crippen molar-refractivity contribution in [3.63, 3.8) is 0 Å². The van der Waals surface area contributed by atoms with E-state index in [0.717, 1.165) is 25.0 Å². The van der Waals surface area contributed by atoms with Gasteiger partial charge in [-0.25, -0.2) is 4.68 Å². The molecule has 1 aromatic heterocycles. The third-order valence-corrected chi connectivity index (χ3v) is 4.20. The summed E-state index contributed by atoms with van der Waals surface area (Å²) in [6.07, 6.45) is 3.50. The molecule has 7 heteroatoms. The van der Waals surface area contributed by atoms with Crippen LogP contribution in [0, 0.1) is 6.92 Å². The number of carbonyl (C=O) groups is 1. The molecule has 2 heterocycles. The van der Waals surface area contributed by atoms with Crippen LogP contribution < -0.4 is 5.32 Å². The van der Waals surface area contributed by atoms with Crippen molar-refractivity contribution in [2.45, 2.75) is 32.4 Å². The van der Waals surface area contributed by atoms with E-state index in [9.17, 15) is 13.6 Å². The van der Waals surface area contributed by atoms with Crippen LogP contribution in [0.15, 0.2) is 30.5 Å². The number of rotatable bonds is 5. The van der Waals surface area contributed by atoms with Crippen molar-refractivity contribution in [3.05, 3.63) is 41.7 Å². The van der Waals surface area contributed by atoms with Crippen molar-refractivity contribution in [1.29, 1.82) is 0 Å². The molecule has 0 saturated carbocycles. The van der Waals surface area contributed by atoms with Crippen molar-refractivity contribution >= 4 is 5.91 Å². The molecule has 0 bridgehead atoms. The molecule has 0 spiro atoms. The Labute approximate surface area is 138 Å². The molecule has 1 aliphatic heterocycles. The first-order valence-electron chi connectivity index (χ1n) is 7.89. The van der Waals surface area contributed by atoms with E-state index in [1.54, 1.807) is 31.2 Å². The van der Waals surface area contributed by atoms with Gasteiger partial charge in [-0.05, 0) is 37.5 Å². The van der Waals surface area contributed by atoms with Gasteiger partial charge in [0.15, 0.2) is 0 Å². The van der Waals surface area contributed by atoms with Gasteiger partial charge in [-0.1, -0.05) is 12.1 Å². The fourth-order valence-electron chi connectivity index (χ4n) is 2.82. The van der Waals surface area contributed by atoms with Gasteiger partial charge in [-0.15, -0.1) is 0 Å². The molecule has 1 aromatic carbocycles. The topological polar surface area (TPSA) is 56.1 Å². The van der Waals surface area contributed by atoms with Gasteiger partial charge in [-0.3, -0.25) is 4.79 Å². The van der Waals surface area contributed by atoms with Gasteiger partial charge in [0, 0.05) is 30.0 Å². The van der Waals surface area contributed by atoms with Crippen molar-refractivity contribution < 1.29 is 18.3 Å². The first-order chi connectivity index (χ1) is 11.6. The number of ether oxygens (including phenoxy) is 1. The zero-order chi connectivity index (χ0) is 17.1. The molecule has 1 aliphatic rings. The van der Waals surface area contributed by atoms with Crippen LogP contribution in [0.2, 0.25) is 0 Å². The lowest BCUT2D eigenvalue weighted by atomic mass is 10.0. The number of halogens is 2. The first kappa shape index (κ1) is 16.6. The number of hydrogen-bond acceptors (Lipinski definition) is 3. The Morgan fingerprint density at radius 1 is 1.42 bits per heavy atom. The molecule has 2 aromatic rings. The summed E-state index contributed by atoms with van der Waals surface area (Å²) < 4.78 is 31.7. The number of hydrogen-bond donors (Lipinski definition) is 1. The highest BCUT2D eigenvalue weighted by atomic mass is 19.3. The Morgan fingerprint density at radius 2 is 2.17 bits per heavy atom. The smallest absolute Gasteiger partial charge is 0.333 e. The summed E-state index contributed by atoms with van der Waals surface area (Å²) in [6, 6.07) is 6.83. The normalized spacial score (nSPS) is 17.4. The minimum atomic E-state index is -2.67. The Kier molecular flexibility index (Phi) is 4.89. The van der Waals surface area contributed by atoms with Gasteiger partial charge >= 0.3 is 6.55 Å². The highest BCUT2D eigenvalue weighted by molar-refractivity contribution is 5.94. The molecule has 1 amide bonds. The highest BCUT2D eigenvalue weighted by Gasteiger charge is 2.17. The Morgan fingerprint density at radius 3 is 2.75 bits per heavy atom. The zero-order valence-corrected chi connectivity index (χ0v) is 13.3. The monoisotopic (exact) mass is 335 g/mol. The predicted molar refractivity (Wildman–Crippen MR) is 85.0 cm³/mol. The molecule has 0 unspecified atom stereocenters. The molecule has 5 nitrogen and oxygen atoms in total. The minimum Gasteiger partial charge on any atom is -0.376 e. The number of carbonyl (C=O) groups excluding carboxylic acids is 1. The number of nitrogens with zero attached hydrogens (tertiary/aromatic N) is 2. The van der Waals surface area contributed by atoms with Crippen LogP contribution in [0.1, 0.15) is 35.4 Å². The molecule has 1 fully saturated rings. The van der Waals surface area contributed by atoms with E-state index in [1.807, 2.05) is 0 Å². The van der Waals surface area contributed by atoms with Gasteiger partial charge in [0.05, 0.1) is 12.3 Å². The van der Waals surface area contributed by atoms with Crippen LogP contribution in [-0.4, -0.2) is 34.9 Å². The van der Waals surface area contributed by atoms with E-state index >= 15 is 0 Å². The van der Waals surface area contributed by atoms with Crippen LogP contribution in [-0.2, 0) is 4.74 Å². The Hall–Kier alpha value is -2.28. The fourth-order valence-corrected chi connectivity index (χ4v) is 2.82. The van der Waals surface area contributed by atoms with E-state index < -0.39 is 6.55 Å². The summed E-state index contributed by atoms with van der Waals surface area (Å²) in [4.78, 5) is 12.1. The van der Waals surface area contributed by atoms with E-state index in [-0.39, 0.29) is 12.0 Å². The summed E-state index contributed by atoms with van der Waals surface area (Å²) in [5, 5.41) is 6.55. The zero-order valence-electron chi connectivity index (χ0n) is 13.3. The second-order valence-corrected chi connectivity index (χ2v) is 5.79. The van der Waals surface area contributed by atoms with Crippen LogP contribution in [0.3, 0.4) is 0 Å². The summed E-state index contributed by atoms with van der Waals surface area (Å²) in [5.74, 6) is -0.169. The fraction of sp³-hybridized carbons (Fsp3) is 0.412. The van der Waals surface area contributed by atoms with Crippen LogP contribution in [0.4, 0.5) is 8.78 Å². The van der Waals surface area contributed by atoms with Gasteiger partial charge < -0.3 is 10.1 Å². The second-order valence-electron chi connectivity index (χ2n) is 5.79. The van der Waals surface area contributed by atoms with Crippen LogP contribution in [0.5, 0.6) is 0 Å².